The van der Waals surface area contributed by atoms with Crippen LogP contribution in [-0.2, 0) is 11.3 Å². The van der Waals surface area contributed by atoms with Crippen LogP contribution in [0.4, 0.5) is 0 Å². The fourth-order valence-electron chi connectivity index (χ4n) is 3.34. The molecule has 0 amide bonds. The normalized spacial score (nSPS) is 11.0. The highest BCUT2D eigenvalue weighted by Gasteiger charge is 2.15. The van der Waals surface area contributed by atoms with Crippen molar-refractivity contribution in [2.24, 2.45) is 0 Å². The molecule has 6 nitrogen and oxygen atoms in total. The summed E-state index contributed by atoms with van der Waals surface area (Å²) < 4.78 is 12.4. The lowest BCUT2D eigenvalue weighted by Crippen LogP contribution is -2.18. The molecule has 0 aliphatic carbocycles. The summed E-state index contributed by atoms with van der Waals surface area (Å²) in [4.78, 5) is 27.4. The third-order valence-electron chi connectivity index (χ3n) is 4.73. The van der Waals surface area contributed by atoms with Gasteiger partial charge in [-0.15, -0.1) is 0 Å². The zero-order valence-electron chi connectivity index (χ0n) is 15.5. The van der Waals surface area contributed by atoms with Crippen molar-refractivity contribution >= 4 is 27.8 Å². The molecule has 0 atom stereocenters. The number of carbonyl (C=O) groups excluding carboxylic acids is 1. The molecule has 0 spiro atoms. The maximum Gasteiger partial charge on any atom is 0.341 e. The molecule has 28 heavy (non-hydrogen) atoms. The standard InChI is InChI=1S/C22H20N2O4/c1-27-20-14-16-8-3-2-7-15(16)13-17(20)21(25)28-12-6-11-24-19-10-5-4-9-18(19)23-22(24)26/h2-5,7-10,13-14H,6,11-12H2,1H3,(H,23,26). The predicted molar refractivity (Wildman–Crippen MR) is 108 cm³/mol. The van der Waals surface area contributed by atoms with Crippen LogP contribution in [0.2, 0.25) is 0 Å². The number of imidazole rings is 1. The highest BCUT2D eigenvalue weighted by molar-refractivity contribution is 5.98. The number of nitrogens with zero attached hydrogens (tertiary/aromatic N) is 1. The molecular formula is C22H20N2O4. The van der Waals surface area contributed by atoms with Crippen LogP contribution in [0.3, 0.4) is 0 Å². The molecule has 142 valence electrons. The Balaban J connectivity index is 1.44. The number of aromatic nitrogens is 2. The van der Waals surface area contributed by atoms with E-state index in [-0.39, 0.29) is 12.3 Å². The number of nitrogens with one attached hydrogen (secondary N) is 1. The molecule has 0 aliphatic rings. The Morgan fingerprint density at radius 2 is 1.75 bits per heavy atom. The molecule has 0 unspecified atom stereocenters. The fraction of sp³-hybridized carbons (Fsp3) is 0.182. The number of methoxy groups -OCH3 is 1. The van der Waals surface area contributed by atoms with Crippen molar-refractivity contribution in [3.8, 4) is 5.75 Å². The lowest BCUT2D eigenvalue weighted by molar-refractivity contribution is 0.0492. The Kier molecular flexibility index (Phi) is 4.85. The number of H-pyrrole nitrogens is 1. The van der Waals surface area contributed by atoms with Crippen LogP contribution in [0.15, 0.2) is 65.5 Å². The van der Waals surface area contributed by atoms with Crippen LogP contribution in [0.5, 0.6) is 5.75 Å². The van der Waals surface area contributed by atoms with E-state index in [9.17, 15) is 9.59 Å². The zero-order valence-corrected chi connectivity index (χ0v) is 15.5. The van der Waals surface area contributed by atoms with Crippen LogP contribution in [0.1, 0.15) is 16.8 Å². The Bertz CT molecular complexity index is 1210. The Morgan fingerprint density at radius 1 is 1.04 bits per heavy atom. The quantitative estimate of drug-likeness (QED) is 0.411. The smallest absolute Gasteiger partial charge is 0.341 e. The first-order valence-electron chi connectivity index (χ1n) is 9.09. The minimum absolute atomic E-state index is 0.163. The van der Waals surface area contributed by atoms with Crippen molar-refractivity contribution in [1.82, 2.24) is 9.55 Å². The number of hydrogen-bond donors (Lipinski definition) is 1. The first-order chi connectivity index (χ1) is 13.7. The summed E-state index contributed by atoms with van der Waals surface area (Å²) in [5, 5.41) is 1.94. The van der Waals surface area contributed by atoms with E-state index in [4.69, 9.17) is 9.47 Å². The van der Waals surface area contributed by atoms with Gasteiger partial charge in [0.15, 0.2) is 0 Å². The van der Waals surface area contributed by atoms with E-state index < -0.39 is 5.97 Å². The summed E-state index contributed by atoms with van der Waals surface area (Å²) in [6, 6.07) is 18.9. The van der Waals surface area contributed by atoms with Gasteiger partial charge in [-0.2, -0.15) is 0 Å². The van der Waals surface area contributed by atoms with Crippen molar-refractivity contribution in [1.29, 1.82) is 0 Å². The van der Waals surface area contributed by atoms with E-state index in [1.54, 1.807) is 10.6 Å². The summed E-state index contributed by atoms with van der Waals surface area (Å²) in [5.41, 5.74) is 1.87. The molecule has 3 aromatic carbocycles. The van der Waals surface area contributed by atoms with Gasteiger partial charge in [-0.05, 0) is 41.5 Å². The number of aryl methyl sites for hydroxylation is 1. The summed E-state index contributed by atoms with van der Waals surface area (Å²) >= 11 is 0. The summed E-state index contributed by atoms with van der Waals surface area (Å²) in [7, 11) is 1.53. The topological polar surface area (TPSA) is 73.3 Å². The number of aromatic amines is 1. The Morgan fingerprint density at radius 3 is 2.54 bits per heavy atom. The fourth-order valence-corrected chi connectivity index (χ4v) is 3.34. The molecule has 4 rings (SSSR count). The van der Waals surface area contributed by atoms with Crippen LogP contribution >= 0.6 is 0 Å². The van der Waals surface area contributed by atoms with Gasteiger partial charge in [0.2, 0.25) is 0 Å². The molecule has 0 radical (unpaired) electrons. The van der Waals surface area contributed by atoms with Crippen LogP contribution in [-0.4, -0.2) is 29.2 Å². The van der Waals surface area contributed by atoms with Crippen LogP contribution < -0.4 is 10.4 Å². The van der Waals surface area contributed by atoms with Gasteiger partial charge in [-0.3, -0.25) is 4.57 Å². The Labute approximate surface area is 161 Å². The largest absolute Gasteiger partial charge is 0.496 e. The number of para-hydroxylation sites is 2. The molecule has 1 N–H and O–H groups in total. The van der Waals surface area contributed by atoms with Gasteiger partial charge >= 0.3 is 11.7 Å². The lowest BCUT2D eigenvalue weighted by atomic mass is 10.1. The van der Waals surface area contributed by atoms with Crippen molar-refractivity contribution in [2.45, 2.75) is 13.0 Å². The highest BCUT2D eigenvalue weighted by atomic mass is 16.5. The number of ether oxygens (including phenoxy) is 2. The predicted octanol–water partition coefficient (Wildman–Crippen LogP) is 3.74. The van der Waals surface area contributed by atoms with Crippen molar-refractivity contribution in [3.05, 3.63) is 76.7 Å². The molecule has 0 saturated carbocycles. The number of carbonyl (C=O) groups is 1. The van der Waals surface area contributed by atoms with E-state index in [2.05, 4.69) is 4.98 Å². The van der Waals surface area contributed by atoms with Gasteiger partial charge in [-0.1, -0.05) is 36.4 Å². The van der Waals surface area contributed by atoms with E-state index in [1.165, 1.54) is 7.11 Å². The SMILES string of the molecule is COc1cc2ccccc2cc1C(=O)OCCCn1c(=O)[nH]c2ccccc21. The van der Waals surface area contributed by atoms with E-state index in [1.807, 2.05) is 54.6 Å². The van der Waals surface area contributed by atoms with E-state index >= 15 is 0 Å². The highest BCUT2D eigenvalue weighted by Crippen LogP contribution is 2.26. The first kappa shape index (κ1) is 17.9. The zero-order chi connectivity index (χ0) is 19.5. The molecular weight excluding hydrogens is 356 g/mol. The molecule has 1 heterocycles. The molecule has 0 saturated heterocycles. The average Bonchev–Trinajstić information content (AvgIpc) is 3.05. The van der Waals surface area contributed by atoms with Gasteiger partial charge in [0.25, 0.3) is 0 Å². The van der Waals surface area contributed by atoms with Gasteiger partial charge in [-0.25, -0.2) is 9.59 Å². The van der Waals surface area contributed by atoms with Gasteiger partial charge < -0.3 is 14.5 Å². The number of esters is 1. The van der Waals surface area contributed by atoms with Crippen LogP contribution in [0, 0.1) is 0 Å². The molecule has 0 aliphatic heterocycles. The maximum absolute atomic E-state index is 12.5. The average molecular weight is 376 g/mol. The minimum atomic E-state index is -0.436. The lowest BCUT2D eigenvalue weighted by Gasteiger charge is -2.11. The number of rotatable bonds is 6. The minimum Gasteiger partial charge on any atom is -0.496 e. The van der Waals surface area contributed by atoms with Crippen LogP contribution in [0.25, 0.3) is 21.8 Å². The molecule has 6 heteroatoms. The summed E-state index contributed by atoms with van der Waals surface area (Å²) in [5.74, 6) is 0.0467. The second-order valence-electron chi connectivity index (χ2n) is 6.49. The van der Waals surface area contributed by atoms with E-state index in [0.717, 1.165) is 21.8 Å². The monoisotopic (exact) mass is 376 g/mol. The van der Waals surface area contributed by atoms with Crippen molar-refractivity contribution < 1.29 is 14.3 Å². The van der Waals surface area contributed by atoms with Gasteiger partial charge in [0, 0.05) is 6.54 Å². The first-order valence-corrected chi connectivity index (χ1v) is 9.09. The molecule has 1 aromatic heterocycles. The van der Waals surface area contributed by atoms with Gasteiger partial charge in [0.1, 0.15) is 11.3 Å². The van der Waals surface area contributed by atoms with E-state index in [0.29, 0.717) is 24.3 Å². The number of fused-ring (bicyclic) bond motifs is 2. The molecule has 4 aromatic rings. The maximum atomic E-state index is 12.5. The van der Waals surface area contributed by atoms with Crippen molar-refractivity contribution in [2.75, 3.05) is 13.7 Å². The second kappa shape index (κ2) is 7.60. The summed E-state index contributed by atoms with van der Waals surface area (Å²) in [6.07, 6.45) is 0.531. The van der Waals surface area contributed by atoms with Crippen molar-refractivity contribution in [3.63, 3.8) is 0 Å². The third kappa shape index (κ3) is 3.36. The summed E-state index contributed by atoms with van der Waals surface area (Å²) in [6.45, 7) is 0.672. The second-order valence-corrected chi connectivity index (χ2v) is 6.49. The molecule has 0 bridgehead atoms. The number of benzene rings is 3. The number of hydrogen-bond acceptors (Lipinski definition) is 4. The van der Waals surface area contributed by atoms with Gasteiger partial charge in [0.05, 0.1) is 24.8 Å². The molecule has 0 fully saturated rings. The third-order valence-corrected chi connectivity index (χ3v) is 4.73. The Hall–Kier alpha value is -3.54.